The Hall–Kier alpha value is -2.86. The van der Waals surface area contributed by atoms with E-state index in [9.17, 15) is 9.59 Å². The minimum absolute atomic E-state index is 0.0641. The molecule has 0 saturated carbocycles. The smallest absolute Gasteiger partial charge is 0.258 e. The molecule has 1 heterocycles. The summed E-state index contributed by atoms with van der Waals surface area (Å²) in [6.07, 6.45) is 2.95. The van der Waals surface area contributed by atoms with Gasteiger partial charge >= 0.3 is 0 Å². The zero-order valence-corrected chi connectivity index (χ0v) is 21.4. The van der Waals surface area contributed by atoms with Gasteiger partial charge in [0.25, 0.3) is 11.8 Å². The number of fused-ring (bicyclic) bond motifs is 1. The quantitative estimate of drug-likeness (QED) is 0.401. The molecule has 2 amide bonds. The highest BCUT2D eigenvalue weighted by Crippen LogP contribution is 2.38. The Morgan fingerprint density at radius 1 is 1.03 bits per heavy atom. The third kappa shape index (κ3) is 6.04. The number of carbonyl (C=O) groups is 2. The second-order valence-corrected chi connectivity index (χ2v) is 9.95. The molecule has 1 aliphatic heterocycles. The average Bonchev–Trinajstić information content (AvgIpc) is 3.02. The first kappa shape index (κ1) is 25.2. The van der Waals surface area contributed by atoms with E-state index in [1.807, 2.05) is 23.1 Å². The molecule has 7 heteroatoms. The fourth-order valence-corrected chi connectivity index (χ4v) is 4.89. The maximum atomic E-state index is 13.6. The van der Waals surface area contributed by atoms with Crippen molar-refractivity contribution in [3.8, 4) is 0 Å². The molecule has 1 N–H and O–H groups in total. The average molecular weight is 510 g/mol. The summed E-state index contributed by atoms with van der Waals surface area (Å²) in [6.45, 7) is 1.63. The Morgan fingerprint density at radius 3 is 2.49 bits per heavy atom. The molecule has 0 radical (unpaired) electrons. The molecule has 1 unspecified atom stereocenters. The standard InChI is InChI=1S/C28H29Cl2N3O2/c1-32(2)17-15-19-6-5-16-33(26-14-11-21(29)18-24(19)26)28(35)20-9-12-22(13-10-20)31-27(34)23-7-3-4-8-25(23)30/h3-4,7-14,18-19H,5-6,15-17H2,1-2H3,(H,31,34). The van der Waals surface area contributed by atoms with Crippen molar-refractivity contribution in [2.24, 2.45) is 0 Å². The third-order valence-corrected chi connectivity index (χ3v) is 6.90. The van der Waals surface area contributed by atoms with Crippen LogP contribution in [0.4, 0.5) is 11.4 Å². The van der Waals surface area contributed by atoms with Crippen LogP contribution in [-0.4, -0.2) is 43.9 Å². The van der Waals surface area contributed by atoms with E-state index in [-0.39, 0.29) is 11.8 Å². The third-order valence-electron chi connectivity index (χ3n) is 6.33. The highest BCUT2D eigenvalue weighted by molar-refractivity contribution is 6.34. The van der Waals surface area contributed by atoms with E-state index >= 15 is 0 Å². The van der Waals surface area contributed by atoms with Crippen LogP contribution in [0.1, 0.15) is 51.5 Å². The molecule has 1 atom stereocenters. The number of carbonyl (C=O) groups excluding carboxylic acids is 2. The molecule has 5 nitrogen and oxygen atoms in total. The van der Waals surface area contributed by atoms with Gasteiger partial charge in [-0.05, 0) is 106 Å². The van der Waals surface area contributed by atoms with Crippen molar-refractivity contribution in [1.29, 1.82) is 0 Å². The van der Waals surface area contributed by atoms with Crippen LogP contribution in [0.25, 0.3) is 0 Å². The summed E-state index contributed by atoms with van der Waals surface area (Å²) < 4.78 is 0. The van der Waals surface area contributed by atoms with Gasteiger partial charge in [0.15, 0.2) is 0 Å². The Bertz CT molecular complexity index is 1210. The number of rotatable bonds is 6. The maximum Gasteiger partial charge on any atom is 0.258 e. The molecule has 0 aromatic heterocycles. The summed E-state index contributed by atoms with van der Waals surface area (Å²) in [5.74, 6) is -0.00567. The lowest BCUT2D eigenvalue weighted by Crippen LogP contribution is -2.31. The molecule has 182 valence electrons. The molecule has 0 fully saturated rings. The number of benzene rings is 3. The summed E-state index contributed by atoms with van der Waals surface area (Å²) in [6, 6.07) is 19.7. The number of halogens is 2. The van der Waals surface area contributed by atoms with Gasteiger partial charge in [-0.15, -0.1) is 0 Å². The Kier molecular flexibility index (Phi) is 8.11. The first-order valence-corrected chi connectivity index (χ1v) is 12.5. The van der Waals surface area contributed by atoms with E-state index in [1.165, 1.54) is 0 Å². The van der Waals surface area contributed by atoms with Gasteiger partial charge in [0.1, 0.15) is 0 Å². The van der Waals surface area contributed by atoms with Crippen molar-refractivity contribution >= 4 is 46.4 Å². The summed E-state index contributed by atoms with van der Waals surface area (Å²) >= 11 is 12.5. The minimum atomic E-state index is -0.295. The lowest BCUT2D eigenvalue weighted by atomic mass is 9.91. The van der Waals surface area contributed by atoms with Crippen molar-refractivity contribution in [3.05, 3.63) is 93.5 Å². The van der Waals surface area contributed by atoms with Crippen LogP contribution in [0.5, 0.6) is 0 Å². The van der Waals surface area contributed by atoms with Crippen molar-refractivity contribution < 1.29 is 9.59 Å². The van der Waals surface area contributed by atoms with E-state index in [0.717, 1.165) is 37.1 Å². The largest absolute Gasteiger partial charge is 0.322 e. The zero-order valence-electron chi connectivity index (χ0n) is 19.9. The lowest BCUT2D eigenvalue weighted by molar-refractivity contribution is 0.0985. The molecule has 3 aromatic rings. The monoisotopic (exact) mass is 509 g/mol. The first-order chi connectivity index (χ1) is 16.8. The molecule has 0 spiro atoms. The second-order valence-electron chi connectivity index (χ2n) is 9.10. The van der Waals surface area contributed by atoms with Gasteiger partial charge < -0.3 is 15.1 Å². The van der Waals surface area contributed by atoms with Gasteiger partial charge in [-0.3, -0.25) is 9.59 Å². The van der Waals surface area contributed by atoms with Crippen LogP contribution < -0.4 is 10.2 Å². The van der Waals surface area contributed by atoms with Crippen LogP contribution in [-0.2, 0) is 0 Å². The van der Waals surface area contributed by atoms with Gasteiger partial charge in [-0.1, -0.05) is 35.3 Å². The summed E-state index contributed by atoms with van der Waals surface area (Å²) in [7, 11) is 4.15. The van der Waals surface area contributed by atoms with Crippen molar-refractivity contribution in [3.63, 3.8) is 0 Å². The Morgan fingerprint density at radius 2 is 1.77 bits per heavy atom. The first-order valence-electron chi connectivity index (χ1n) is 11.8. The minimum Gasteiger partial charge on any atom is -0.322 e. The molecule has 4 rings (SSSR count). The molecular formula is C28H29Cl2N3O2. The van der Waals surface area contributed by atoms with Crippen molar-refractivity contribution in [2.45, 2.75) is 25.2 Å². The number of anilines is 2. The van der Waals surface area contributed by atoms with E-state index in [0.29, 0.717) is 39.3 Å². The molecule has 1 aliphatic rings. The van der Waals surface area contributed by atoms with Crippen molar-refractivity contribution in [1.82, 2.24) is 4.90 Å². The number of nitrogens with one attached hydrogen (secondary N) is 1. The predicted molar refractivity (Wildman–Crippen MR) is 144 cm³/mol. The number of hydrogen-bond donors (Lipinski definition) is 1. The van der Waals surface area contributed by atoms with Crippen LogP contribution >= 0.6 is 23.2 Å². The topological polar surface area (TPSA) is 52.6 Å². The van der Waals surface area contributed by atoms with E-state index in [2.05, 4.69) is 24.3 Å². The fourth-order valence-electron chi connectivity index (χ4n) is 4.49. The van der Waals surface area contributed by atoms with Crippen LogP contribution in [0.3, 0.4) is 0 Å². The zero-order chi connectivity index (χ0) is 24.9. The lowest BCUT2D eigenvalue weighted by Gasteiger charge is -2.25. The highest BCUT2D eigenvalue weighted by Gasteiger charge is 2.27. The van der Waals surface area contributed by atoms with E-state index < -0.39 is 0 Å². The van der Waals surface area contributed by atoms with Gasteiger partial charge in [-0.2, -0.15) is 0 Å². The SMILES string of the molecule is CN(C)CCC1CCCN(C(=O)c2ccc(NC(=O)c3ccccc3Cl)cc2)c2ccc(Cl)cc21. The van der Waals surface area contributed by atoms with Gasteiger partial charge in [0.2, 0.25) is 0 Å². The van der Waals surface area contributed by atoms with Gasteiger partial charge in [-0.25, -0.2) is 0 Å². The van der Waals surface area contributed by atoms with E-state index in [1.54, 1.807) is 48.5 Å². The molecule has 35 heavy (non-hydrogen) atoms. The Balaban J connectivity index is 1.53. The summed E-state index contributed by atoms with van der Waals surface area (Å²) in [5.41, 5.74) is 3.62. The van der Waals surface area contributed by atoms with Crippen LogP contribution in [0, 0.1) is 0 Å². The molecule has 3 aromatic carbocycles. The summed E-state index contributed by atoms with van der Waals surface area (Å²) in [4.78, 5) is 30.1. The summed E-state index contributed by atoms with van der Waals surface area (Å²) in [5, 5.41) is 3.91. The molecular weight excluding hydrogens is 481 g/mol. The number of amides is 2. The predicted octanol–water partition coefficient (Wildman–Crippen LogP) is 6.72. The normalized spacial score (nSPS) is 15.5. The maximum absolute atomic E-state index is 13.6. The second kappa shape index (κ2) is 11.3. The highest BCUT2D eigenvalue weighted by atomic mass is 35.5. The van der Waals surface area contributed by atoms with Gasteiger partial charge in [0.05, 0.1) is 10.6 Å². The van der Waals surface area contributed by atoms with Crippen LogP contribution in [0.2, 0.25) is 10.0 Å². The molecule has 0 bridgehead atoms. The molecule has 0 aliphatic carbocycles. The number of hydrogen-bond acceptors (Lipinski definition) is 3. The van der Waals surface area contributed by atoms with Crippen molar-refractivity contribution in [2.75, 3.05) is 37.4 Å². The van der Waals surface area contributed by atoms with Gasteiger partial charge in [0, 0.05) is 28.5 Å². The van der Waals surface area contributed by atoms with Crippen LogP contribution in [0.15, 0.2) is 66.7 Å². The molecule has 0 saturated heterocycles. The fraction of sp³-hybridized carbons (Fsp3) is 0.286. The van der Waals surface area contributed by atoms with E-state index in [4.69, 9.17) is 23.2 Å². The Labute approximate surface area is 216 Å². The number of nitrogens with zero attached hydrogens (tertiary/aromatic N) is 2.